The number of ether oxygens (including phenoxy) is 1. The van der Waals surface area contributed by atoms with E-state index in [0.717, 1.165) is 80.6 Å². The zero-order valence-corrected chi connectivity index (χ0v) is 21.1. The summed E-state index contributed by atoms with van der Waals surface area (Å²) in [4.78, 5) is 13.7. The number of rotatable bonds is 8. The van der Waals surface area contributed by atoms with Gasteiger partial charge >= 0.3 is 0 Å². The topological polar surface area (TPSA) is 114 Å². The number of nitrogens with zero attached hydrogens (tertiary/aromatic N) is 1. The van der Waals surface area contributed by atoms with Crippen molar-refractivity contribution in [1.82, 2.24) is 16.0 Å². The summed E-state index contributed by atoms with van der Waals surface area (Å²) in [5.74, 6) is -0.523. The molecular formula is C24H44ClN6O2+. The molecule has 0 radical (unpaired) electrons. The molecule has 4 aliphatic rings. The van der Waals surface area contributed by atoms with Crippen LogP contribution in [0, 0.1) is 5.92 Å². The summed E-state index contributed by atoms with van der Waals surface area (Å²) in [6.07, 6.45) is 8.75. The fraction of sp³-hybridized carbons (Fsp3) is 0.875. The van der Waals surface area contributed by atoms with E-state index in [2.05, 4.69) is 36.0 Å². The van der Waals surface area contributed by atoms with Crippen molar-refractivity contribution in [3.63, 3.8) is 0 Å². The molecular weight excluding hydrogens is 440 g/mol. The number of hydrogen-bond acceptors (Lipinski definition) is 6. The highest BCUT2D eigenvalue weighted by Gasteiger charge is 2.67. The van der Waals surface area contributed by atoms with Gasteiger partial charge in [0.1, 0.15) is 23.7 Å². The summed E-state index contributed by atoms with van der Waals surface area (Å²) < 4.78 is 7.11. The first-order valence-corrected chi connectivity index (χ1v) is 13.4. The maximum atomic E-state index is 13.7. The van der Waals surface area contributed by atoms with Crippen LogP contribution >= 0.6 is 11.6 Å². The van der Waals surface area contributed by atoms with Crippen molar-refractivity contribution < 1.29 is 14.0 Å². The Morgan fingerprint density at radius 3 is 2.73 bits per heavy atom. The zero-order valence-electron chi connectivity index (χ0n) is 20.3. The van der Waals surface area contributed by atoms with Crippen molar-refractivity contribution in [2.45, 2.75) is 94.8 Å². The van der Waals surface area contributed by atoms with Crippen LogP contribution in [0.4, 0.5) is 0 Å². The lowest BCUT2D eigenvalue weighted by Crippen LogP contribution is -2.80. The summed E-state index contributed by atoms with van der Waals surface area (Å²) in [5, 5.41) is 11.0. The van der Waals surface area contributed by atoms with Gasteiger partial charge in [0.05, 0.1) is 42.4 Å². The van der Waals surface area contributed by atoms with Gasteiger partial charge < -0.3 is 32.2 Å². The number of carbonyl (C=O) groups is 1. The lowest BCUT2D eigenvalue weighted by molar-refractivity contribution is -1.00. The lowest BCUT2D eigenvalue weighted by atomic mass is 9.65. The molecule has 3 fully saturated rings. The third kappa shape index (κ3) is 4.73. The van der Waals surface area contributed by atoms with Gasteiger partial charge in [-0.15, -0.1) is 0 Å². The molecule has 7 unspecified atom stereocenters. The molecule has 33 heavy (non-hydrogen) atoms. The molecule has 3 saturated heterocycles. The second kappa shape index (κ2) is 10.5. The second-order valence-electron chi connectivity index (χ2n) is 10.5. The molecule has 0 aromatic heterocycles. The molecule has 0 aliphatic carbocycles. The van der Waals surface area contributed by atoms with E-state index in [1.807, 2.05) is 0 Å². The predicted octanol–water partition coefficient (Wildman–Crippen LogP) is 1.09. The number of allylic oxidation sites excluding steroid dienone is 1. The van der Waals surface area contributed by atoms with Crippen molar-refractivity contribution in [3.05, 3.63) is 11.2 Å². The van der Waals surface area contributed by atoms with Gasteiger partial charge in [0, 0.05) is 25.9 Å². The van der Waals surface area contributed by atoms with Crippen LogP contribution in [0.3, 0.4) is 0 Å². The summed E-state index contributed by atoms with van der Waals surface area (Å²) >= 11 is 6.64. The van der Waals surface area contributed by atoms with Crippen LogP contribution in [-0.2, 0) is 9.53 Å². The van der Waals surface area contributed by atoms with Crippen molar-refractivity contribution in [1.29, 1.82) is 0 Å². The van der Waals surface area contributed by atoms with Gasteiger partial charge in [0.2, 0.25) is 5.91 Å². The highest BCUT2D eigenvalue weighted by atomic mass is 35.5. The SMILES string of the molecule is CCC12CCCC(Cl)=C[N+]1(CC)C(C(C(=O)NC1CNCCC1OC1CCNC1)C(N)N)C2. The number of amides is 1. The Balaban J connectivity index is 1.53. The second-order valence-corrected chi connectivity index (χ2v) is 11.0. The molecule has 188 valence electrons. The number of hydrogen-bond donors (Lipinski definition) is 5. The highest BCUT2D eigenvalue weighted by molar-refractivity contribution is 6.29. The quantitative estimate of drug-likeness (QED) is 0.261. The monoisotopic (exact) mass is 483 g/mol. The van der Waals surface area contributed by atoms with Gasteiger partial charge in [-0.25, -0.2) is 0 Å². The van der Waals surface area contributed by atoms with Crippen LogP contribution in [0.25, 0.3) is 0 Å². The first-order chi connectivity index (χ1) is 15.9. The summed E-state index contributed by atoms with van der Waals surface area (Å²) in [5.41, 5.74) is 12.7. The number of halogens is 1. The Kier molecular flexibility index (Phi) is 8.05. The van der Waals surface area contributed by atoms with Crippen LogP contribution in [0.5, 0.6) is 0 Å². The van der Waals surface area contributed by atoms with Gasteiger partial charge in [0.25, 0.3) is 0 Å². The molecule has 4 aliphatic heterocycles. The predicted molar refractivity (Wildman–Crippen MR) is 131 cm³/mol. The van der Waals surface area contributed by atoms with E-state index >= 15 is 0 Å². The Hall–Kier alpha value is -0.740. The van der Waals surface area contributed by atoms with Crippen molar-refractivity contribution >= 4 is 17.5 Å². The van der Waals surface area contributed by atoms with Crippen LogP contribution in [0.1, 0.15) is 58.8 Å². The average molecular weight is 484 g/mol. The molecule has 0 bridgehead atoms. The molecule has 0 aromatic carbocycles. The molecule has 9 heteroatoms. The van der Waals surface area contributed by atoms with Gasteiger partial charge in [-0.3, -0.25) is 9.28 Å². The fourth-order valence-electron chi connectivity index (χ4n) is 7.11. The van der Waals surface area contributed by atoms with Crippen LogP contribution in [0.15, 0.2) is 11.2 Å². The van der Waals surface area contributed by atoms with E-state index in [0.29, 0.717) is 6.54 Å². The third-order valence-electron chi connectivity index (χ3n) is 8.93. The molecule has 4 heterocycles. The Morgan fingerprint density at radius 2 is 2.06 bits per heavy atom. The molecule has 7 atom stereocenters. The first-order valence-electron chi connectivity index (χ1n) is 13.0. The van der Waals surface area contributed by atoms with E-state index in [-0.39, 0.29) is 35.7 Å². The molecule has 0 saturated carbocycles. The van der Waals surface area contributed by atoms with Crippen LogP contribution < -0.4 is 27.4 Å². The fourth-order valence-corrected chi connectivity index (χ4v) is 7.42. The van der Waals surface area contributed by atoms with E-state index in [9.17, 15) is 4.79 Å². The Labute approximate surface area is 203 Å². The zero-order chi connectivity index (χ0) is 23.6. The van der Waals surface area contributed by atoms with Gasteiger partial charge in [-0.05, 0) is 45.7 Å². The maximum Gasteiger partial charge on any atom is 0.232 e. The number of nitrogens with two attached hydrogens (primary N) is 2. The Morgan fingerprint density at radius 1 is 1.30 bits per heavy atom. The van der Waals surface area contributed by atoms with Crippen molar-refractivity contribution in [2.24, 2.45) is 17.4 Å². The van der Waals surface area contributed by atoms with E-state index in [4.69, 9.17) is 27.8 Å². The van der Waals surface area contributed by atoms with Gasteiger partial charge in [-0.1, -0.05) is 18.5 Å². The average Bonchev–Trinajstić information content (AvgIpc) is 3.26. The Bertz CT molecular complexity index is 730. The number of fused-ring (bicyclic) bond motifs is 1. The minimum atomic E-state index is -0.725. The minimum Gasteiger partial charge on any atom is -0.371 e. The molecule has 4 rings (SSSR count). The van der Waals surface area contributed by atoms with E-state index in [1.54, 1.807) is 0 Å². The maximum absolute atomic E-state index is 13.7. The first kappa shape index (κ1) is 25.4. The molecule has 8 nitrogen and oxygen atoms in total. The van der Waals surface area contributed by atoms with E-state index in [1.165, 1.54) is 0 Å². The highest BCUT2D eigenvalue weighted by Crippen LogP contribution is 2.55. The summed E-state index contributed by atoms with van der Waals surface area (Å²) in [7, 11) is 0. The lowest BCUT2D eigenvalue weighted by Gasteiger charge is -2.65. The van der Waals surface area contributed by atoms with Crippen LogP contribution in [-0.4, -0.2) is 79.1 Å². The molecule has 7 N–H and O–H groups in total. The summed E-state index contributed by atoms with van der Waals surface area (Å²) in [6.45, 7) is 8.82. The van der Waals surface area contributed by atoms with E-state index < -0.39 is 12.1 Å². The third-order valence-corrected chi connectivity index (χ3v) is 9.22. The molecule has 0 spiro atoms. The number of quaternary nitrogens is 1. The minimum absolute atomic E-state index is 0.00715. The largest absolute Gasteiger partial charge is 0.371 e. The summed E-state index contributed by atoms with van der Waals surface area (Å²) in [6, 6.07) is -0.0424. The van der Waals surface area contributed by atoms with Crippen molar-refractivity contribution in [3.8, 4) is 0 Å². The number of piperidine rings is 1. The molecule has 1 amide bonds. The van der Waals surface area contributed by atoms with Crippen molar-refractivity contribution in [2.75, 3.05) is 32.7 Å². The van der Waals surface area contributed by atoms with Crippen LogP contribution in [0.2, 0.25) is 0 Å². The standard InChI is InChI=1S/C24H43ClN6O2/c1-3-24-9-5-6-16(25)15-31(24,4-2)19(12-24)21(22(26)27)23(32)30-18-14-29-11-8-20(18)33-17-7-10-28-13-17/h15,17-22,28-29H,3-14,26-27H2,1-2H3/p+1. The normalized spacial score (nSPS) is 39.9. The molecule has 0 aromatic rings. The number of nitrogens with one attached hydrogen (secondary N) is 3. The smallest absolute Gasteiger partial charge is 0.232 e. The van der Waals surface area contributed by atoms with Gasteiger partial charge in [-0.2, -0.15) is 0 Å². The number of carbonyl (C=O) groups excluding carboxylic acids is 1. The van der Waals surface area contributed by atoms with Gasteiger partial charge in [0.15, 0.2) is 0 Å².